The number of amides is 1. The van der Waals surface area contributed by atoms with Gasteiger partial charge in [-0.15, -0.1) is 11.3 Å². The summed E-state index contributed by atoms with van der Waals surface area (Å²) in [6, 6.07) is 8.91. The number of hydrogen-bond donors (Lipinski definition) is 2. The third-order valence-electron chi connectivity index (χ3n) is 3.75. The highest BCUT2D eigenvalue weighted by atomic mass is 32.1. The predicted molar refractivity (Wildman–Crippen MR) is 97.3 cm³/mol. The fraction of sp³-hybridized carbons (Fsp3) is 0.167. The molecule has 1 aromatic carbocycles. The molecule has 25 heavy (non-hydrogen) atoms. The second-order valence-corrected chi connectivity index (χ2v) is 6.42. The lowest BCUT2D eigenvalue weighted by Gasteiger charge is -2.06. The van der Waals surface area contributed by atoms with Gasteiger partial charge in [0.25, 0.3) is 5.91 Å². The molecule has 7 heteroatoms. The van der Waals surface area contributed by atoms with E-state index in [1.54, 1.807) is 40.5 Å². The van der Waals surface area contributed by atoms with E-state index in [0.29, 0.717) is 28.4 Å². The van der Waals surface area contributed by atoms with Gasteiger partial charge in [-0.1, -0.05) is 17.7 Å². The maximum Gasteiger partial charge on any atom is 0.339 e. The van der Waals surface area contributed by atoms with Gasteiger partial charge in [0.2, 0.25) is 0 Å². The summed E-state index contributed by atoms with van der Waals surface area (Å²) >= 11 is 1.18. The van der Waals surface area contributed by atoms with Gasteiger partial charge in [0, 0.05) is 29.2 Å². The Kier molecular flexibility index (Phi) is 4.67. The quantitative estimate of drug-likeness (QED) is 0.727. The van der Waals surface area contributed by atoms with Gasteiger partial charge in [-0.3, -0.25) is 9.48 Å². The normalized spacial score (nSPS) is 10.6. The number of aryl methyl sites for hydroxylation is 2. The first-order valence-electron chi connectivity index (χ1n) is 7.76. The van der Waals surface area contributed by atoms with Crippen molar-refractivity contribution >= 4 is 28.2 Å². The lowest BCUT2D eigenvalue weighted by Crippen LogP contribution is -2.13. The number of aromatic nitrogens is 2. The summed E-state index contributed by atoms with van der Waals surface area (Å²) < 4.78 is 1.73. The van der Waals surface area contributed by atoms with Gasteiger partial charge >= 0.3 is 5.97 Å². The van der Waals surface area contributed by atoms with Crippen molar-refractivity contribution in [3.05, 3.63) is 58.6 Å². The highest BCUT2D eigenvalue weighted by Crippen LogP contribution is 2.35. The zero-order valence-corrected chi connectivity index (χ0v) is 14.6. The molecule has 3 aromatic rings. The molecule has 0 saturated carbocycles. The molecule has 0 spiro atoms. The lowest BCUT2D eigenvalue weighted by molar-refractivity contribution is 0.0699. The number of thiophene rings is 1. The number of nitrogens with one attached hydrogen (secondary N) is 1. The van der Waals surface area contributed by atoms with Crippen molar-refractivity contribution in [2.24, 2.45) is 0 Å². The first-order valence-corrected chi connectivity index (χ1v) is 8.64. The van der Waals surface area contributed by atoms with Crippen LogP contribution in [-0.4, -0.2) is 26.8 Å². The minimum absolute atomic E-state index is 0.0624. The Morgan fingerprint density at radius 1 is 1.32 bits per heavy atom. The van der Waals surface area contributed by atoms with E-state index in [9.17, 15) is 14.7 Å². The molecule has 0 saturated heterocycles. The highest BCUT2D eigenvalue weighted by molar-refractivity contribution is 7.15. The minimum atomic E-state index is -1.10. The van der Waals surface area contributed by atoms with Crippen molar-refractivity contribution in [1.82, 2.24) is 9.78 Å². The molecule has 0 fully saturated rings. The van der Waals surface area contributed by atoms with Gasteiger partial charge in [0.15, 0.2) is 0 Å². The molecule has 0 bridgehead atoms. The zero-order valence-electron chi connectivity index (χ0n) is 13.8. The average molecular weight is 355 g/mol. The molecule has 0 aliphatic heterocycles. The number of aromatic carboxylic acids is 1. The predicted octanol–water partition coefficient (Wildman–Crippen LogP) is 3.89. The first kappa shape index (κ1) is 16.9. The summed E-state index contributed by atoms with van der Waals surface area (Å²) in [6.07, 6.45) is 1.80. The van der Waals surface area contributed by atoms with E-state index in [1.165, 1.54) is 11.3 Å². The number of hydrogen-bond acceptors (Lipinski definition) is 4. The number of carbonyl (C=O) groups is 2. The molecule has 0 aliphatic rings. The molecule has 0 aliphatic carbocycles. The number of carboxylic acid groups (broad SMARTS) is 1. The Hall–Kier alpha value is -2.93. The fourth-order valence-electron chi connectivity index (χ4n) is 2.49. The van der Waals surface area contributed by atoms with Crippen molar-refractivity contribution in [1.29, 1.82) is 0 Å². The number of carbonyl (C=O) groups excluding carboxylic acids is 1. The van der Waals surface area contributed by atoms with Gasteiger partial charge in [0.1, 0.15) is 10.6 Å². The molecule has 1 amide bonds. The average Bonchev–Trinajstić information content (AvgIpc) is 3.21. The van der Waals surface area contributed by atoms with Gasteiger partial charge in [-0.05, 0) is 32.0 Å². The van der Waals surface area contributed by atoms with Crippen LogP contribution in [0.5, 0.6) is 0 Å². The highest BCUT2D eigenvalue weighted by Gasteiger charge is 2.22. The maximum absolute atomic E-state index is 12.4. The topological polar surface area (TPSA) is 84.2 Å². The Balaban J connectivity index is 1.94. The molecule has 6 nitrogen and oxygen atoms in total. The Labute approximate surface area is 148 Å². The number of anilines is 1. The van der Waals surface area contributed by atoms with Crippen molar-refractivity contribution in [2.75, 3.05) is 5.32 Å². The molecular weight excluding hydrogens is 338 g/mol. The van der Waals surface area contributed by atoms with Gasteiger partial charge in [0.05, 0.1) is 5.69 Å². The van der Waals surface area contributed by atoms with Crippen LogP contribution >= 0.6 is 11.3 Å². The summed E-state index contributed by atoms with van der Waals surface area (Å²) in [5, 5.41) is 18.7. The van der Waals surface area contributed by atoms with Crippen LogP contribution in [0.25, 0.3) is 11.3 Å². The maximum atomic E-state index is 12.4. The van der Waals surface area contributed by atoms with Gasteiger partial charge < -0.3 is 10.4 Å². The largest absolute Gasteiger partial charge is 0.478 e. The van der Waals surface area contributed by atoms with Crippen LogP contribution < -0.4 is 5.32 Å². The molecule has 0 atom stereocenters. The minimum Gasteiger partial charge on any atom is -0.478 e. The number of benzene rings is 1. The van der Waals surface area contributed by atoms with Crippen LogP contribution in [0.2, 0.25) is 0 Å². The van der Waals surface area contributed by atoms with Crippen molar-refractivity contribution in [2.45, 2.75) is 20.4 Å². The van der Waals surface area contributed by atoms with Crippen LogP contribution in [0.15, 0.2) is 41.9 Å². The number of rotatable bonds is 5. The first-order chi connectivity index (χ1) is 12.0. The van der Waals surface area contributed by atoms with Crippen LogP contribution in [0.3, 0.4) is 0 Å². The number of nitrogens with zero attached hydrogens (tertiary/aromatic N) is 2. The second-order valence-electron chi connectivity index (χ2n) is 5.54. The fourth-order valence-corrected chi connectivity index (χ4v) is 3.43. The standard InChI is InChI=1S/C18H17N3O3S/c1-3-21-8-7-14(20-21)13-10-25-17(15(13)18(23)24)19-16(22)12-6-4-5-11(2)9-12/h4-10H,3H2,1-2H3,(H,19,22)(H,23,24). The van der Waals surface area contributed by atoms with Crippen LogP contribution in [0.1, 0.15) is 33.2 Å². The zero-order chi connectivity index (χ0) is 18.0. The molecule has 128 valence electrons. The smallest absolute Gasteiger partial charge is 0.339 e. The van der Waals surface area contributed by atoms with Crippen LogP contribution in [0.4, 0.5) is 5.00 Å². The van der Waals surface area contributed by atoms with E-state index in [0.717, 1.165) is 5.56 Å². The summed E-state index contributed by atoms with van der Waals surface area (Å²) in [6.45, 7) is 4.55. The number of carboxylic acids is 1. The van der Waals surface area contributed by atoms with E-state index >= 15 is 0 Å². The van der Waals surface area contributed by atoms with Gasteiger partial charge in [-0.25, -0.2) is 4.79 Å². The molecule has 2 heterocycles. The van der Waals surface area contributed by atoms with Crippen LogP contribution in [-0.2, 0) is 6.54 Å². The van der Waals surface area contributed by atoms with E-state index in [4.69, 9.17) is 0 Å². The summed E-state index contributed by atoms with van der Waals surface area (Å²) in [4.78, 5) is 24.2. The summed E-state index contributed by atoms with van der Waals surface area (Å²) in [5.41, 5.74) is 2.59. The van der Waals surface area contributed by atoms with E-state index in [1.807, 2.05) is 19.9 Å². The molecule has 0 unspecified atom stereocenters. The Morgan fingerprint density at radius 3 is 2.76 bits per heavy atom. The van der Waals surface area contributed by atoms with Crippen molar-refractivity contribution in [3.63, 3.8) is 0 Å². The second kappa shape index (κ2) is 6.90. The van der Waals surface area contributed by atoms with E-state index < -0.39 is 5.97 Å². The molecule has 2 N–H and O–H groups in total. The van der Waals surface area contributed by atoms with Gasteiger partial charge in [-0.2, -0.15) is 5.10 Å². The molecular formula is C18H17N3O3S. The molecule has 2 aromatic heterocycles. The van der Waals surface area contributed by atoms with Crippen LogP contribution in [0, 0.1) is 6.92 Å². The third-order valence-corrected chi connectivity index (χ3v) is 4.65. The van der Waals surface area contributed by atoms with E-state index in [2.05, 4.69) is 10.4 Å². The molecule has 3 rings (SSSR count). The Bertz CT molecular complexity index is 943. The lowest BCUT2D eigenvalue weighted by atomic mass is 10.1. The summed E-state index contributed by atoms with van der Waals surface area (Å²) in [7, 11) is 0. The SMILES string of the molecule is CCn1ccc(-c2csc(NC(=O)c3cccc(C)c3)c2C(=O)O)n1. The molecule has 0 radical (unpaired) electrons. The Morgan fingerprint density at radius 2 is 2.12 bits per heavy atom. The summed E-state index contributed by atoms with van der Waals surface area (Å²) in [5.74, 6) is -1.43. The van der Waals surface area contributed by atoms with E-state index in [-0.39, 0.29) is 11.5 Å². The third kappa shape index (κ3) is 3.46. The van der Waals surface area contributed by atoms with Crippen molar-refractivity contribution in [3.8, 4) is 11.3 Å². The monoisotopic (exact) mass is 355 g/mol. The van der Waals surface area contributed by atoms with Crippen molar-refractivity contribution < 1.29 is 14.7 Å².